The number of benzene rings is 4. The number of halogens is 1. The number of aromatic amines is 1. The molecule has 9 heteroatoms. The molecule has 7 aromatic rings. The van der Waals surface area contributed by atoms with Gasteiger partial charge in [-0.3, -0.25) is 0 Å². The fourth-order valence-electron chi connectivity index (χ4n) is 8.80. The molecular formula is C48H49IN8. The summed E-state index contributed by atoms with van der Waals surface area (Å²) in [6, 6.07) is 24.9. The Kier molecular flexibility index (Phi) is 8.22. The zero-order valence-corrected chi connectivity index (χ0v) is 37.1. The molecule has 1 N–H and O–H groups in total. The molecule has 4 aromatic carbocycles. The highest BCUT2D eigenvalue weighted by Crippen LogP contribution is 2.49. The van der Waals surface area contributed by atoms with Crippen LogP contribution in [0.5, 0.6) is 0 Å². The van der Waals surface area contributed by atoms with Gasteiger partial charge < -0.3 is 9.55 Å². The van der Waals surface area contributed by atoms with Gasteiger partial charge in [0.2, 0.25) is 0 Å². The molecule has 3 aromatic heterocycles. The van der Waals surface area contributed by atoms with Gasteiger partial charge >= 0.3 is 0 Å². The van der Waals surface area contributed by atoms with E-state index in [0.717, 1.165) is 66.4 Å². The van der Waals surface area contributed by atoms with Crippen molar-refractivity contribution in [1.82, 2.24) is 39.5 Å². The largest absolute Gasteiger partial charge is 0.324 e. The Labute approximate surface area is 347 Å². The van der Waals surface area contributed by atoms with Gasteiger partial charge in [-0.1, -0.05) is 135 Å². The van der Waals surface area contributed by atoms with Crippen molar-refractivity contribution in [3.8, 4) is 45.6 Å². The third-order valence-electron chi connectivity index (χ3n) is 11.0. The van der Waals surface area contributed by atoms with Crippen LogP contribution in [0.25, 0.3) is 89.7 Å². The molecule has 57 heavy (non-hydrogen) atoms. The van der Waals surface area contributed by atoms with Crippen molar-refractivity contribution >= 4 is 66.7 Å². The Hall–Kier alpha value is -5.03. The van der Waals surface area contributed by atoms with Crippen molar-refractivity contribution in [3.05, 3.63) is 93.1 Å². The fourth-order valence-corrected chi connectivity index (χ4v) is 10.4. The van der Waals surface area contributed by atoms with Crippen LogP contribution in [0.4, 0.5) is 0 Å². The normalized spacial score (nSPS) is 13.4. The Balaban J connectivity index is 1.61. The number of hydrogen-bond donors (Lipinski definition) is 1. The van der Waals surface area contributed by atoms with Gasteiger partial charge in [-0.2, -0.15) is 0 Å². The Morgan fingerprint density at radius 1 is 0.439 bits per heavy atom. The smallest absolute Gasteiger partial charge is 0.164 e. The van der Waals surface area contributed by atoms with Crippen LogP contribution < -0.4 is 0 Å². The van der Waals surface area contributed by atoms with Crippen LogP contribution in [0.3, 0.4) is 0 Å². The second kappa shape index (κ2) is 12.5. The van der Waals surface area contributed by atoms with Crippen LogP contribution in [0.15, 0.2) is 72.8 Å². The van der Waals surface area contributed by atoms with E-state index in [2.05, 4.69) is 164 Å². The van der Waals surface area contributed by atoms with E-state index in [1.54, 1.807) is 0 Å². The molecule has 9 rings (SSSR count). The summed E-state index contributed by atoms with van der Waals surface area (Å²) < 4.78 is 3.40. The molecule has 288 valence electrons. The fraction of sp³-hybridized carbons (Fsp3) is 0.333. The predicted molar refractivity (Wildman–Crippen MR) is 244 cm³/mol. The zero-order chi connectivity index (χ0) is 40.6. The quantitative estimate of drug-likeness (QED) is 0.153. The SMILES string of the molecule is CC(C)(C)c1c(C(C)(C)C)c(C(C)(C)C)c2c3nc4nc(nc5c6ccccc6c(nc6nc(nc([nH]3)c2c1I)-c1ccccc1-6)n5C(C)(C)C)-c1ccccc1-4. The van der Waals surface area contributed by atoms with E-state index >= 15 is 0 Å². The molecule has 5 heterocycles. The molecule has 0 saturated carbocycles. The van der Waals surface area contributed by atoms with Crippen molar-refractivity contribution in [2.75, 3.05) is 0 Å². The van der Waals surface area contributed by atoms with Crippen molar-refractivity contribution in [1.29, 1.82) is 0 Å². The zero-order valence-electron chi connectivity index (χ0n) is 34.9. The Morgan fingerprint density at radius 2 is 0.807 bits per heavy atom. The van der Waals surface area contributed by atoms with Crippen LogP contribution in [0.2, 0.25) is 0 Å². The average molecular weight is 865 g/mol. The summed E-state index contributed by atoms with van der Waals surface area (Å²) in [4.78, 5) is 36.2. The predicted octanol–water partition coefficient (Wildman–Crippen LogP) is 12.6. The van der Waals surface area contributed by atoms with E-state index in [0.29, 0.717) is 23.3 Å². The first-order chi connectivity index (χ1) is 26.7. The van der Waals surface area contributed by atoms with E-state index < -0.39 is 0 Å². The molecule has 2 aliphatic heterocycles. The first kappa shape index (κ1) is 37.5. The second-order valence-corrected chi connectivity index (χ2v) is 20.6. The number of fused-ring (bicyclic) bond motifs is 20. The lowest BCUT2D eigenvalue weighted by Gasteiger charge is -2.38. The van der Waals surface area contributed by atoms with Crippen LogP contribution >= 0.6 is 22.6 Å². The minimum absolute atomic E-state index is 0.158. The summed E-state index contributed by atoms with van der Waals surface area (Å²) in [6.07, 6.45) is 0. The van der Waals surface area contributed by atoms with Gasteiger partial charge in [0.05, 0.1) is 0 Å². The minimum atomic E-state index is -0.390. The lowest BCUT2D eigenvalue weighted by Crippen LogP contribution is -2.29. The molecular weight excluding hydrogens is 815 g/mol. The average Bonchev–Trinajstić information content (AvgIpc) is 3.84. The van der Waals surface area contributed by atoms with Gasteiger partial charge in [0.15, 0.2) is 23.3 Å². The highest BCUT2D eigenvalue weighted by Gasteiger charge is 2.38. The Morgan fingerprint density at radius 3 is 1.19 bits per heavy atom. The molecule has 8 nitrogen and oxygen atoms in total. The summed E-state index contributed by atoms with van der Waals surface area (Å²) in [5.74, 6) is 2.46. The number of H-pyrrole nitrogens is 1. The van der Waals surface area contributed by atoms with Crippen molar-refractivity contribution < 1.29 is 0 Å². The van der Waals surface area contributed by atoms with E-state index in [1.165, 1.54) is 20.3 Å². The van der Waals surface area contributed by atoms with Gasteiger partial charge in [-0.15, -0.1) is 0 Å². The molecule has 0 aliphatic carbocycles. The summed E-state index contributed by atoms with van der Waals surface area (Å²) in [5.41, 5.74) is 9.78. The molecule has 0 fully saturated rings. The number of aromatic nitrogens is 8. The summed E-state index contributed by atoms with van der Waals surface area (Å²) in [6.45, 7) is 27.5. The molecule has 0 radical (unpaired) electrons. The maximum Gasteiger partial charge on any atom is 0.164 e. The number of nitrogens with one attached hydrogen (secondary N) is 1. The molecule has 0 unspecified atom stereocenters. The minimum Gasteiger partial charge on any atom is -0.324 e. The number of rotatable bonds is 0. The standard InChI is InChI=1S/C48H49IN8/c1-45(2,3)33-31-32(36(49)35(47(7,8)9)34(33)46(4,5)6)42-53-38-26-20-14-16-22-28(26)40(51-38)56-44-30-24-18-17-23-29(30)43(57(44)48(10,11)12)55-39-27-21-15-13-19-25(27)37(50-39)52-41(31)54-42/h13-24H,1-12H3,(H,50,51,52,53,54,55,56). The third-order valence-corrected chi connectivity index (χ3v) is 12.1. The molecule has 0 amide bonds. The van der Waals surface area contributed by atoms with E-state index in [9.17, 15) is 0 Å². The Bertz CT molecular complexity index is 3010. The number of nitrogens with zero attached hydrogens (tertiary/aromatic N) is 7. The third kappa shape index (κ3) is 5.90. The van der Waals surface area contributed by atoms with E-state index in [-0.39, 0.29) is 21.8 Å². The van der Waals surface area contributed by atoms with E-state index in [4.69, 9.17) is 29.9 Å². The van der Waals surface area contributed by atoms with Gasteiger partial charge in [0.25, 0.3) is 0 Å². The lowest BCUT2D eigenvalue weighted by molar-refractivity contribution is 0.419. The van der Waals surface area contributed by atoms with Gasteiger partial charge in [-0.25, -0.2) is 29.9 Å². The topological polar surface area (TPSA) is 98.1 Å². The van der Waals surface area contributed by atoms with Crippen LogP contribution in [0, 0.1) is 3.57 Å². The monoisotopic (exact) mass is 864 g/mol. The number of hydrogen-bond acceptors (Lipinski definition) is 6. The first-order valence-corrected chi connectivity index (χ1v) is 20.9. The maximum atomic E-state index is 5.52. The summed E-state index contributed by atoms with van der Waals surface area (Å²) in [7, 11) is 0. The van der Waals surface area contributed by atoms with Crippen molar-refractivity contribution in [2.24, 2.45) is 0 Å². The molecule has 0 saturated heterocycles. The molecule has 8 bridgehead atoms. The van der Waals surface area contributed by atoms with Crippen molar-refractivity contribution in [2.45, 2.75) is 105 Å². The molecule has 0 spiro atoms. The van der Waals surface area contributed by atoms with Crippen molar-refractivity contribution in [3.63, 3.8) is 0 Å². The van der Waals surface area contributed by atoms with Crippen LogP contribution in [-0.2, 0) is 21.8 Å². The van der Waals surface area contributed by atoms with Gasteiger partial charge in [0.1, 0.15) is 22.6 Å². The van der Waals surface area contributed by atoms with Gasteiger partial charge in [0, 0.05) is 52.9 Å². The highest BCUT2D eigenvalue weighted by molar-refractivity contribution is 14.1. The molecule has 0 atom stereocenters. The first-order valence-electron chi connectivity index (χ1n) is 19.8. The van der Waals surface area contributed by atoms with E-state index in [1.807, 2.05) is 24.3 Å². The van der Waals surface area contributed by atoms with Crippen LogP contribution in [0.1, 0.15) is 99.8 Å². The summed E-state index contributed by atoms with van der Waals surface area (Å²) in [5, 5.41) is 4.10. The van der Waals surface area contributed by atoms with Crippen LogP contribution in [-0.4, -0.2) is 39.5 Å². The maximum absolute atomic E-state index is 5.52. The lowest BCUT2D eigenvalue weighted by atomic mass is 9.67. The van der Waals surface area contributed by atoms with Gasteiger partial charge in [-0.05, 0) is 76.3 Å². The second-order valence-electron chi connectivity index (χ2n) is 19.5. The highest BCUT2D eigenvalue weighted by atomic mass is 127. The molecule has 2 aliphatic rings. The summed E-state index contributed by atoms with van der Waals surface area (Å²) >= 11 is 2.58.